The monoisotopic (exact) mass is 561 g/mol. The average molecular weight is 562 g/mol. The molecule has 0 bridgehead atoms. The van der Waals surface area contributed by atoms with Gasteiger partial charge in [0.25, 0.3) is 0 Å². The molecule has 0 aliphatic carbocycles. The van der Waals surface area contributed by atoms with Crippen LogP contribution in [0.15, 0.2) is 164 Å². The second kappa shape index (κ2) is 11.0. The minimum absolute atomic E-state index is 0.677. The molecular formula is C41H27N3. The lowest BCUT2D eigenvalue weighted by Crippen LogP contribution is -1.97. The molecule has 8 aromatic rings. The largest absolute Gasteiger partial charge is 0.256 e. The standard InChI is InChI=1S/C41H27N3/c1-3-11-28(12-4-1)39-27-40(29-13-5-2-6-14-29)44-41(43-39)37-25-35(24-36(26-37)38-17-9-10-20-42-38)33-19-18-32-21-30-15-7-8-16-31(30)22-34(32)23-33/h1-27H. The summed E-state index contributed by atoms with van der Waals surface area (Å²) in [5.74, 6) is 0.677. The molecule has 3 nitrogen and oxygen atoms in total. The van der Waals surface area contributed by atoms with Crippen molar-refractivity contribution in [3.05, 3.63) is 164 Å². The van der Waals surface area contributed by atoms with Crippen LogP contribution in [0.1, 0.15) is 0 Å². The zero-order valence-electron chi connectivity index (χ0n) is 23.9. The molecule has 206 valence electrons. The first-order valence-corrected chi connectivity index (χ1v) is 14.8. The van der Waals surface area contributed by atoms with Crippen LogP contribution >= 0.6 is 0 Å². The highest BCUT2D eigenvalue weighted by molar-refractivity contribution is 6.00. The summed E-state index contributed by atoms with van der Waals surface area (Å²) in [5.41, 5.74) is 8.97. The van der Waals surface area contributed by atoms with E-state index in [4.69, 9.17) is 15.0 Å². The fraction of sp³-hybridized carbons (Fsp3) is 0. The number of nitrogens with zero attached hydrogens (tertiary/aromatic N) is 3. The third kappa shape index (κ3) is 5.01. The van der Waals surface area contributed by atoms with E-state index in [0.717, 1.165) is 50.5 Å². The molecule has 0 radical (unpaired) electrons. The predicted octanol–water partition coefficient (Wildman–Crippen LogP) is 10.5. The highest BCUT2D eigenvalue weighted by Crippen LogP contribution is 2.35. The molecule has 0 aliphatic heterocycles. The second-order valence-corrected chi connectivity index (χ2v) is 11.0. The molecule has 0 aliphatic rings. The normalized spacial score (nSPS) is 11.2. The Balaban J connectivity index is 1.34. The van der Waals surface area contributed by atoms with Gasteiger partial charge in [0.1, 0.15) is 0 Å². The minimum atomic E-state index is 0.677. The average Bonchev–Trinajstić information content (AvgIpc) is 3.11. The third-order valence-corrected chi connectivity index (χ3v) is 8.06. The Labute approximate surface area is 256 Å². The van der Waals surface area contributed by atoms with Crippen molar-refractivity contribution in [2.45, 2.75) is 0 Å². The van der Waals surface area contributed by atoms with Gasteiger partial charge in [0.2, 0.25) is 0 Å². The van der Waals surface area contributed by atoms with Crippen LogP contribution in [-0.2, 0) is 0 Å². The highest BCUT2D eigenvalue weighted by Gasteiger charge is 2.14. The molecule has 44 heavy (non-hydrogen) atoms. The minimum Gasteiger partial charge on any atom is -0.256 e. The lowest BCUT2D eigenvalue weighted by molar-refractivity contribution is 1.18. The van der Waals surface area contributed by atoms with Crippen molar-refractivity contribution in [2.24, 2.45) is 0 Å². The van der Waals surface area contributed by atoms with Crippen LogP contribution in [0.2, 0.25) is 0 Å². The Morgan fingerprint density at radius 3 is 1.52 bits per heavy atom. The molecule has 0 unspecified atom stereocenters. The summed E-state index contributed by atoms with van der Waals surface area (Å²) in [6.45, 7) is 0. The summed E-state index contributed by atoms with van der Waals surface area (Å²) >= 11 is 0. The fourth-order valence-electron chi connectivity index (χ4n) is 5.81. The van der Waals surface area contributed by atoms with E-state index in [1.54, 1.807) is 0 Å². The predicted molar refractivity (Wildman–Crippen MR) is 182 cm³/mol. The molecule has 0 amide bonds. The van der Waals surface area contributed by atoms with Gasteiger partial charge < -0.3 is 0 Å². The van der Waals surface area contributed by atoms with Crippen molar-refractivity contribution < 1.29 is 0 Å². The number of rotatable bonds is 5. The first-order valence-electron chi connectivity index (χ1n) is 14.8. The van der Waals surface area contributed by atoms with Crippen LogP contribution in [0, 0.1) is 0 Å². The molecule has 2 aromatic heterocycles. The summed E-state index contributed by atoms with van der Waals surface area (Å²) < 4.78 is 0. The first-order chi connectivity index (χ1) is 21.8. The Morgan fingerprint density at radius 2 is 0.864 bits per heavy atom. The maximum atomic E-state index is 5.12. The van der Waals surface area contributed by atoms with E-state index in [2.05, 4.69) is 103 Å². The quantitative estimate of drug-likeness (QED) is 0.196. The van der Waals surface area contributed by atoms with E-state index >= 15 is 0 Å². The molecule has 0 N–H and O–H groups in total. The fourth-order valence-corrected chi connectivity index (χ4v) is 5.81. The van der Waals surface area contributed by atoms with Gasteiger partial charge in [0, 0.05) is 28.5 Å². The maximum Gasteiger partial charge on any atom is 0.160 e. The van der Waals surface area contributed by atoms with E-state index in [1.165, 1.54) is 21.5 Å². The van der Waals surface area contributed by atoms with Gasteiger partial charge in [-0.1, -0.05) is 103 Å². The molecule has 0 saturated carbocycles. The maximum absolute atomic E-state index is 5.12. The summed E-state index contributed by atoms with van der Waals surface area (Å²) in [4.78, 5) is 14.9. The molecule has 3 heteroatoms. The zero-order chi connectivity index (χ0) is 29.3. The van der Waals surface area contributed by atoms with Crippen molar-refractivity contribution in [1.29, 1.82) is 0 Å². The lowest BCUT2D eigenvalue weighted by atomic mass is 9.95. The van der Waals surface area contributed by atoms with Crippen LogP contribution in [-0.4, -0.2) is 15.0 Å². The van der Waals surface area contributed by atoms with Crippen LogP contribution in [0.3, 0.4) is 0 Å². The number of hydrogen-bond donors (Lipinski definition) is 0. The molecular weight excluding hydrogens is 534 g/mol. The molecule has 0 saturated heterocycles. The van der Waals surface area contributed by atoms with Crippen LogP contribution in [0.5, 0.6) is 0 Å². The number of pyridine rings is 1. The summed E-state index contributed by atoms with van der Waals surface area (Å²) in [6.07, 6.45) is 1.84. The van der Waals surface area contributed by atoms with E-state index in [1.807, 2.05) is 60.8 Å². The summed E-state index contributed by atoms with van der Waals surface area (Å²) in [6, 6.07) is 55.0. The smallest absolute Gasteiger partial charge is 0.160 e. The summed E-state index contributed by atoms with van der Waals surface area (Å²) in [5, 5.41) is 4.91. The van der Waals surface area contributed by atoms with E-state index in [9.17, 15) is 0 Å². The topological polar surface area (TPSA) is 38.7 Å². The number of benzene rings is 6. The van der Waals surface area contributed by atoms with Gasteiger partial charge in [0.15, 0.2) is 5.82 Å². The van der Waals surface area contributed by atoms with Crippen LogP contribution < -0.4 is 0 Å². The van der Waals surface area contributed by atoms with E-state index < -0.39 is 0 Å². The molecule has 2 heterocycles. The van der Waals surface area contributed by atoms with Crippen molar-refractivity contribution in [3.8, 4) is 56.3 Å². The second-order valence-electron chi connectivity index (χ2n) is 11.0. The van der Waals surface area contributed by atoms with E-state index in [0.29, 0.717) is 5.82 Å². The van der Waals surface area contributed by atoms with Gasteiger partial charge in [-0.3, -0.25) is 4.98 Å². The van der Waals surface area contributed by atoms with Gasteiger partial charge in [-0.25, -0.2) is 9.97 Å². The van der Waals surface area contributed by atoms with Crippen molar-refractivity contribution in [2.75, 3.05) is 0 Å². The summed E-state index contributed by atoms with van der Waals surface area (Å²) in [7, 11) is 0. The Hall–Kier alpha value is -5.93. The number of hydrogen-bond acceptors (Lipinski definition) is 3. The zero-order valence-corrected chi connectivity index (χ0v) is 23.9. The van der Waals surface area contributed by atoms with Gasteiger partial charge in [-0.05, 0) is 87.3 Å². The molecule has 6 aromatic carbocycles. The lowest BCUT2D eigenvalue weighted by Gasteiger charge is -2.13. The third-order valence-electron chi connectivity index (χ3n) is 8.06. The van der Waals surface area contributed by atoms with Gasteiger partial charge >= 0.3 is 0 Å². The van der Waals surface area contributed by atoms with Crippen LogP contribution in [0.25, 0.3) is 77.8 Å². The molecule has 0 spiro atoms. The molecule has 8 rings (SSSR count). The highest BCUT2D eigenvalue weighted by atomic mass is 14.9. The number of aromatic nitrogens is 3. The Kier molecular flexibility index (Phi) is 6.47. The van der Waals surface area contributed by atoms with Gasteiger partial charge in [0.05, 0.1) is 17.1 Å². The SMILES string of the molecule is c1ccc(-c2cc(-c3ccccc3)nc(-c3cc(-c4ccc5cc6ccccc6cc5c4)cc(-c4ccccn4)c3)n2)cc1. The van der Waals surface area contributed by atoms with Gasteiger partial charge in [-0.15, -0.1) is 0 Å². The molecule has 0 fully saturated rings. The van der Waals surface area contributed by atoms with Crippen LogP contribution in [0.4, 0.5) is 0 Å². The van der Waals surface area contributed by atoms with Crippen molar-refractivity contribution >= 4 is 21.5 Å². The Bertz CT molecular complexity index is 2200. The van der Waals surface area contributed by atoms with E-state index in [-0.39, 0.29) is 0 Å². The Morgan fingerprint density at radius 1 is 0.295 bits per heavy atom. The first kappa shape index (κ1) is 25.8. The number of fused-ring (bicyclic) bond motifs is 2. The molecule has 0 atom stereocenters. The van der Waals surface area contributed by atoms with Crippen molar-refractivity contribution in [3.63, 3.8) is 0 Å². The van der Waals surface area contributed by atoms with Crippen molar-refractivity contribution in [1.82, 2.24) is 15.0 Å². The van der Waals surface area contributed by atoms with Gasteiger partial charge in [-0.2, -0.15) is 0 Å².